The van der Waals surface area contributed by atoms with Crippen molar-refractivity contribution in [3.63, 3.8) is 0 Å². The molecule has 2 fully saturated rings. The van der Waals surface area contributed by atoms with Gasteiger partial charge < -0.3 is 10.6 Å². The van der Waals surface area contributed by atoms with E-state index in [0.717, 1.165) is 11.1 Å². The quantitative estimate of drug-likeness (QED) is 0.799. The van der Waals surface area contributed by atoms with E-state index in [1.165, 1.54) is 24.3 Å². The maximum atomic E-state index is 13.2. The fourth-order valence-electron chi connectivity index (χ4n) is 2.91. The predicted octanol–water partition coefficient (Wildman–Crippen LogP) is 2.96. The number of hydrogen-bond donors (Lipinski definition) is 2. The highest BCUT2D eigenvalue weighted by Crippen LogP contribution is 2.36. The first-order valence-corrected chi connectivity index (χ1v) is 8.06. The van der Waals surface area contributed by atoms with Gasteiger partial charge in [-0.1, -0.05) is 24.3 Å². The Bertz CT molecular complexity index is 740. The summed E-state index contributed by atoms with van der Waals surface area (Å²) in [5.41, 5.74) is 1.68. The van der Waals surface area contributed by atoms with Gasteiger partial charge in [-0.3, -0.25) is 0 Å². The van der Waals surface area contributed by atoms with E-state index >= 15 is 0 Å². The van der Waals surface area contributed by atoms with Gasteiger partial charge in [0.25, 0.3) is 0 Å². The first-order chi connectivity index (χ1) is 11.5. The van der Waals surface area contributed by atoms with Crippen LogP contribution in [0.25, 0.3) is 0 Å². The number of fused-ring (bicyclic) bond motifs is 1. The first kappa shape index (κ1) is 15.2. The maximum Gasteiger partial charge on any atom is 0.192 e. The van der Waals surface area contributed by atoms with Crippen molar-refractivity contribution in [2.24, 2.45) is 0 Å². The minimum atomic E-state index is -0.316. The molecule has 4 rings (SSSR count). The van der Waals surface area contributed by atoms with Crippen LogP contribution in [0, 0.1) is 11.6 Å². The monoisotopic (exact) mass is 362 g/mol. The second-order valence-electron chi connectivity index (χ2n) is 5.50. The average Bonchev–Trinajstić information content (AvgIpc) is 3.08. The molecule has 2 saturated heterocycles. The van der Waals surface area contributed by atoms with Crippen LogP contribution in [0.3, 0.4) is 0 Å². The van der Waals surface area contributed by atoms with Crippen LogP contribution in [0.4, 0.5) is 8.78 Å². The topological polar surface area (TPSA) is 30.5 Å². The Morgan fingerprint density at radius 2 is 1.00 bits per heavy atom. The first-order valence-electron chi connectivity index (χ1n) is 7.25. The van der Waals surface area contributed by atoms with Gasteiger partial charge in [0.15, 0.2) is 10.2 Å². The Hall–Kier alpha value is -2.32. The zero-order valence-electron chi connectivity index (χ0n) is 12.2. The second-order valence-corrected chi connectivity index (χ2v) is 6.27. The molecule has 0 aromatic heterocycles. The van der Waals surface area contributed by atoms with Crippen molar-refractivity contribution in [1.82, 2.24) is 20.7 Å². The van der Waals surface area contributed by atoms with Crippen LogP contribution in [0.1, 0.15) is 23.5 Å². The smallest absolute Gasteiger partial charge is 0.192 e. The Kier molecular flexibility index (Phi) is 3.58. The summed E-state index contributed by atoms with van der Waals surface area (Å²) >= 11 is 10.9. The highest BCUT2D eigenvalue weighted by molar-refractivity contribution is 7.80. The molecule has 8 heteroatoms. The Labute approximate surface area is 148 Å². The fraction of sp³-hybridized carbons (Fsp3) is 0.125. The molecule has 0 aliphatic carbocycles. The Morgan fingerprint density at radius 1 is 0.667 bits per heavy atom. The van der Waals surface area contributed by atoms with Crippen molar-refractivity contribution in [2.45, 2.75) is 12.3 Å². The van der Waals surface area contributed by atoms with Gasteiger partial charge in [-0.25, -0.2) is 18.8 Å². The summed E-state index contributed by atoms with van der Waals surface area (Å²) < 4.78 is 26.3. The lowest BCUT2D eigenvalue weighted by molar-refractivity contribution is 0.114. The summed E-state index contributed by atoms with van der Waals surface area (Å²) in [6.45, 7) is 0. The van der Waals surface area contributed by atoms with Crippen LogP contribution in [0.2, 0.25) is 0 Å². The number of halogens is 2. The van der Waals surface area contributed by atoms with Gasteiger partial charge in [0.2, 0.25) is 0 Å². The molecule has 122 valence electrons. The van der Waals surface area contributed by atoms with Crippen molar-refractivity contribution >= 4 is 34.7 Å². The molecule has 0 saturated carbocycles. The highest BCUT2D eigenvalue weighted by atomic mass is 32.1. The van der Waals surface area contributed by atoms with Crippen molar-refractivity contribution in [3.05, 3.63) is 71.3 Å². The summed E-state index contributed by atoms with van der Waals surface area (Å²) in [6, 6.07) is 12.3. The van der Waals surface area contributed by atoms with E-state index in [2.05, 4.69) is 10.6 Å². The van der Waals surface area contributed by atoms with E-state index in [1.807, 2.05) is 10.0 Å². The lowest BCUT2D eigenvalue weighted by Gasteiger charge is -2.26. The molecule has 0 radical (unpaired) electrons. The van der Waals surface area contributed by atoms with Crippen LogP contribution >= 0.6 is 24.4 Å². The Balaban J connectivity index is 1.68. The van der Waals surface area contributed by atoms with Crippen LogP contribution in [-0.4, -0.2) is 20.2 Å². The molecule has 0 spiro atoms. The van der Waals surface area contributed by atoms with Gasteiger partial charge in [-0.2, -0.15) is 0 Å². The minimum Gasteiger partial charge on any atom is -0.336 e. The SMILES string of the molecule is Fc1ccc(C2NC(=S)N3C(c4ccc(F)cc4)NC(=S)N23)cc1. The molecule has 2 aliphatic heterocycles. The van der Waals surface area contributed by atoms with Crippen molar-refractivity contribution in [1.29, 1.82) is 0 Å². The van der Waals surface area contributed by atoms with Crippen LogP contribution in [0.15, 0.2) is 48.5 Å². The molecule has 2 unspecified atom stereocenters. The molecule has 2 atom stereocenters. The molecule has 2 aromatic carbocycles. The second kappa shape index (κ2) is 5.64. The van der Waals surface area contributed by atoms with Gasteiger partial charge in [0.05, 0.1) is 0 Å². The highest BCUT2D eigenvalue weighted by Gasteiger charge is 2.47. The molecule has 2 aliphatic rings. The van der Waals surface area contributed by atoms with Crippen LogP contribution < -0.4 is 10.6 Å². The maximum absolute atomic E-state index is 13.2. The van der Waals surface area contributed by atoms with Crippen molar-refractivity contribution in [2.75, 3.05) is 0 Å². The standard InChI is InChI=1S/C16H12F2N4S2/c17-11-5-1-9(2-6-11)13-19-15(23)22-14(20-16(24)21(13)22)10-3-7-12(18)8-4-10/h1-8,13-14H,(H,19,23)(H,20,24). The summed E-state index contributed by atoms with van der Waals surface area (Å²) in [4.78, 5) is 0. The third-order valence-corrected chi connectivity index (χ3v) is 4.64. The molecule has 0 amide bonds. The van der Waals surface area contributed by atoms with E-state index in [4.69, 9.17) is 24.4 Å². The number of rotatable bonds is 2. The molecule has 4 nitrogen and oxygen atoms in total. The summed E-state index contributed by atoms with van der Waals surface area (Å²) in [6.07, 6.45) is -0.632. The number of hydrogen-bond acceptors (Lipinski definition) is 2. The van der Waals surface area contributed by atoms with E-state index in [1.54, 1.807) is 24.3 Å². The summed E-state index contributed by atoms with van der Waals surface area (Å²) in [5, 5.41) is 11.0. The van der Waals surface area contributed by atoms with Crippen LogP contribution in [-0.2, 0) is 0 Å². The van der Waals surface area contributed by atoms with Gasteiger partial charge in [0.1, 0.15) is 24.0 Å². The lowest BCUT2D eigenvalue weighted by atomic mass is 10.1. The van der Waals surface area contributed by atoms with E-state index in [0.29, 0.717) is 10.2 Å². The van der Waals surface area contributed by atoms with E-state index in [9.17, 15) is 8.78 Å². The van der Waals surface area contributed by atoms with Gasteiger partial charge >= 0.3 is 0 Å². The Morgan fingerprint density at radius 3 is 1.33 bits per heavy atom. The van der Waals surface area contributed by atoms with Gasteiger partial charge in [0, 0.05) is 0 Å². The fourth-order valence-corrected chi connectivity index (χ4v) is 3.52. The normalized spacial score (nSPS) is 22.4. The zero-order valence-corrected chi connectivity index (χ0v) is 13.9. The van der Waals surface area contributed by atoms with Crippen LogP contribution in [0.5, 0.6) is 0 Å². The number of nitrogens with one attached hydrogen (secondary N) is 2. The molecule has 0 bridgehead atoms. The summed E-state index contributed by atoms with van der Waals surface area (Å²) in [7, 11) is 0. The molecular formula is C16H12F2N4S2. The molecule has 24 heavy (non-hydrogen) atoms. The molecular weight excluding hydrogens is 350 g/mol. The number of hydrazine groups is 1. The predicted molar refractivity (Wildman–Crippen MR) is 93.4 cm³/mol. The minimum absolute atomic E-state index is 0.303. The van der Waals surface area contributed by atoms with E-state index < -0.39 is 0 Å². The zero-order chi connectivity index (χ0) is 16.8. The van der Waals surface area contributed by atoms with Crippen molar-refractivity contribution in [3.8, 4) is 0 Å². The number of nitrogens with zero attached hydrogens (tertiary/aromatic N) is 2. The average molecular weight is 362 g/mol. The number of thiocarbonyl (C=S) groups is 2. The third kappa shape index (κ3) is 2.38. The third-order valence-electron chi connectivity index (χ3n) is 4.03. The molecule has 2 heterocycles. The van der Waals surface area contributed by atoms with Gasteiger partial charge in [-0.05, 0) is 59.8 Å². The molecule has 2 aromatic rings. The van der Waals surface area contributed by atoms with Crippen molar-refractivity contribution < 1.29 is 8.78 Å². The largest absolute Gasteiger partial charge is 0.336 e. The van der Waals surface area contributed by atoms with E-state index in [-0.39, 0.29) is 24.0 Å². The summed E-state index contributed by atoms with van der Waals surface area (Å²) in [5.74, 6) is -0.606. The lowest BCUT2D eigenvalue weighted by Crippen LogP contribution is -2.36. The van der Waals surface area contributed by atoms with Gasteiger partial charge in [-0.15, -0.1) is 0 Å². The number of benzene rings is 2. The molecule has 2 N–H and O–H groups in total.